The molecule has 3 rings (SSSR count). The van der Waals surface area contributed by atoms with Crippen molar-refractivity contribution in [3.8, 4) is 23.0 Å². The summed E-state index contributed by atoms with van der Waals surface area (Å²) in [6.07, 6.45) is -0.936. The van der Waals surface area contributed by atoms with Gasteiger partial charge in [-0.2, -0.15) is 0 Å². The number of hydrogen-bond donors (Lipinski definition) is 2. The minimum Gasteiger partial charge on any atom is -0.490 e. The first-order chi connectivity index (χ1) is 15.5. The third-order valence-electron chi connectivity index (χ3n) is 4.24. The second-order valence-corrected chi connectivity index (χ2v) is 6.51. The molecule has 0 radical (unpaired) electrons. The van der Waals surface area contributed by atoms with Crippen LogP contribution in [0.1, 0.15) is 24.2 Å². The van der Waals surface area contributed by atoms with Gasteiger partial charge in [0.15, 0.2) is 29.6 Å². The van der Waals surface area contributed by atoms with Crippen molar-refractivity contribution >= 4 is 17.8 Å². The van der Waals surface area contributed by atoms with Gasteiger partial charge in [-0.05, 0) is 44.2 Å². The number of hydrogen-bond acceptors (Lipinski definition) is 8. The maximum absolute atomic E-state index is 12.3. The average molecular weight is 444 g/mol. The normalized spacial score (nSPS) is 14.1. The van der Waals surface area contributed by atoms with Crippen LogP contribution < -0.4 is 29.8 Å². The van der Waals surface area contributed by atoms with E-state index in [0.29, 0.717) is 36.2 Å². The van der Waals surface area contributed by atoms with Gasteiger partial charge in [-0.15, -0.1) is 0 Å². The summed E-state index contributed by atoms with van der Waals surface area (Å²) in [5, 5.41) is 0. The van der Waals surface area contributed by atoms with E-state index < -0.39 is 30.5 Å². The quantitative estimate of drug-likeness (QED) is 0.466. The first-order valence-electron chi connectivity index (χ1n) is 10.1. The van der Waals surface area contributed by atoms with Gasteiger partial charge in [-0.3, -0.25) is 20.4 Å². The van der Waals surface area contributed by atoms with Gasteiger partial charge in [0.05, 0.1) is 18.8 Å². The van der Waals surface area contributed by atoms with Gasteiger partial charge >= 0.3 is 5.97 Å². The Balaban J connectivity index is 1.46. The lowest BCUT2D eigenvalue weighted by atomic mass is 10.2. The van der Waals surface area contributed by atoms with E-state index in [9.17, 15) is 14.4 Å². The fourth-order valence-electron chi connectivity index (χ4n) is 2.79. The zero-order valence-corrected chi connectivity index (χ0v) is 17.7. The van der Waals surface area contributed by atoms with Crippen molar-refractivity contribution in [3.63, 3.8) is 0 Å². The van der Waals surface area contributed by atoms with E-state index in [1.165, 1.54) is 12.1 Å². The lowest BCUT2D eigenvalue weighted by Crippen LogP contribution is -2.51. The lowest BCUT2D eigenvalue weighted by Gasteiger charge is -2.25. The number of para-hydroxylation sites is 2. The third kappa shape index (κ3) is 5.81. The van der Waals surface area contributed by atoms with Crippen molar-refractivity contribution < 1.29 is 38.1 Å². The molecule has 1 unspecified atom stereocenters. The molecule has 32 heavy (non-hydrogen) atoms. The van der Waals surface area contributed by atoms with Crippen molar-refractivity contribution in [1.82, 2.24) is 10.9 Å². The second kappa shape index (κ2) is 10.9. The SMILES string of the molecule is CCOc1ccc(C(=O)OCC(=O)NNC(=O)C2COc3ccccc3O2)cc1OCC. The maximum atomic E-state index is 12.3. The average Bonchev–Trinajstić information content (AvgIpc) is 2.82. The van der Waals surface area contributed by atoms with Crippen LogP contribution in [0.25, 0.3) is 0 Å². The van der Waals surface area contributed by atoms with E-state index >= 15 is 0 Å². The molecule has 2 amide bonds. The van der Waals surface area contributed by atoms with Crippen molar-refractivity contribution in [1.29, 1.82) is 0 Å². The molecule has 2 aromatic rings. The first-order valence-corrected chi connectivity index (χ1v) is 10.1. The second-order valence-electron chi connectivity index (χ2n) is 6.51. The number of esters is 1. The minimum atomic E-state index is -0.936. The van der Waals surface area contributed by atoms with Crippen molar-refractivity contribution in [2.75, 3.05) is 26.4 Å². The molecular weight excluding hydrogens is 420 g/mol. The molecule has 0 saturated carbocycles. The van der Waals surface area contributed by atoms with E-state index in [-0.39, 0.29) is 12.2 Å². The van der Waals surface area contributed by atoms with E-state index in [1.807, 2.05) is 13.8 Å². The molecule has 2 aromatic carbocycles. The Morgan fingerprint density at radius 1 is 0.969 bits per heavy atom. The summed E-state index contributed by atoms with van der Waals surface area (Å²) >= 11 is 0. The largest absolute Gasteiger partial charge is 0.490 e. The zero-order chi connectivity index (χ0) is 22.9. The first kappa shape index (κ1) is 22.7. The summed E-state index contributed by atoms with van der Waals surface area (Å²) in [4.78, 5) is 36.4. The van der Waals surface area contributed by atoms with E-state index in [1.54, 1.807) is 30.3 Å². The van der Waals surface area contributed by atoms with Crippen LogP contribution in [0.15, 0.2) is 42.5 Å². The predicted octanol–water partition coefficient (Wildman–Crippen LogP) is 1.63. The number of benzene rings is 2. The maximum Gasteiger partial charge on any atom is 0.338 e. The Hall–Kier alpha value is -3.95. The molecule has 1 aliphatic heterocycles. The standard InChI is InChI=1S/C22H24N2O8/c1-3-28-16-10-9-14(11-18(16)29-4-2)22(27)31-13-20(25)23-24-21(26)19-12-30-15-7-5-6-8-17(15)32-19/h5-11,19H,3-4,12-13H2,1-2H3,(H,23,25)(H,24,26). The highest BCUT2D eigenvalue weighted by atomic mass is 16.6. The van der Waals surface area contributed by atoms with Crippen molar-refractivity contribution in [2.45, 2.75) is 20.0 Å². The van der Waals surface area contributed by atoms with Gasteiger partial charge in [0.2, 0.25) is 6.10 Å². The Morgan fingerprint density at radius 3 is 2.44 bits per heavy atom. The minimum absolute atomic E-state index is 0.00634. The molecular formula is C22H24N2O8. The number of ether oxygens (including phenoxy) is 5. The number of carbonyl (C=O) groups excluding carboxylic acids is 3. The van der Waals surface area contributed by atoms with Crippen LogP contribution in [0.2, 0.25) is 0 Å². The molecule has 0 saturated heterocycles. The number of hydrazine groups is 1. The van der Waals surface area contributed by atoms with Crippen LogP contribution in [0.4, 0.5) is 0 Å². The molecule has 0 spiro atoms. The highest BCUT2D eigenvalue weighted by molar-refractivity contribution is 5.92. The van der Waals surface area contributed by atoms with Gasteiger partial charge in [-0.1, -0.05) is 12.1 Å². The summed E-state index contributed by atoms with van der Waals surface area (Å²) in [6.45, 7) is 3.88. The summed E-state index contributed by atoms with van der Waals surface area (Å²) < 4.78 is 26.9. The molecule has 1 aliphatic rings. The molecule has 1 atom stereocenters. The molecule has 0 aromatic heterocycles. The number of rotatable bonds is 8. The van der Waals surface area contributed by atoms with Crippen LogP contribution in [-0.4, -0.2) is 50.3 Å². The lowest BCUT2D eigenvalue weighted by molar-refractivity contribution is -0.135. The molecule has 10 nitrogen and oxygen atoms in total. The number of carbonyl (C=O) groups is 3. The molecule has 0 bridgehead atoms. The highest BCUT2D eigenvalue weighted by Crippen LogP contribution is 2.31. The molecule has 2 N–H and O–H groups in total. The molecule has 0 fully saturated rings. The Kier molecular flexibility index (Phi) is 7.74. The molecule has 10 heteroatoms. The third-order valence-corrected chi connectivity index (χ3v) is 4.24. The Bertz CT molecular complexity index is 978. The van der Waals surface area contributed by atoms with Crippen LogP contribution in [0.3, 0.4) is 0 Å². The zero-order valence-electron chi connectivity index (χ0n) is 17.7. The Labute approximate surface area is 184 Å². The van der Waals surface area contributed by atoms with E-state index in [4.69, 9.17) is 23.7 Å². The number of amides is 2. The van der Waals surface area contributed by atoms with Gasteiger partial charge in [0.1, 0.15) is 6.61 Å². The van der Waals surface area contributed by atoms with Gasteiger partial charge in [0, 0.05) is 0 Å². The van der Waals surface area contributed by atoms with Crippen LogP contribution in [0, 0.1) is 0 Å². The van der Waals surface area contributed by atoms with Gasteiger partial charge < -0.3 is 23.7 Å². The number of fused-ring (bicyclic) bond motifs is 1. The smallest absolute Gasteiger partial charge is 0.338 e. The van der Waals surface area contributed by atoms with Crippen LogP contribution >= 0.6 is 0 Å². The summed E-state index contributed by atoms with van der Waals surface area (Å²) in [5.74, 6) is -0.183. The summed E-state index contributed by atoms with van der Waals surface area (Å²) in [5.41, 5.74) is 4.59. The van der Waals surface area contributed by atoms with Crippen LogP contribution in [-0.2, 0) is 14.3 Å². The molecule has 170 valence electrons. The van der Waals surface area contributed by atoms with Gasteiger partial charge in [0.25, 0.3) is 11.8 Å². The predicted molar refractivity (Wildman–Crippen MR) is 112 cm³/mol. The van der Waals surface area contributed by atoms with E-state index in [2.05, 4.69) is 10.9 Å². The monoisotopic (exact) mass is 444 g/mol. The highest BCUT2D eigenvalue weighted by Gasteiger charge is 2.27. The van der Waals surface area contributed by atoms with Gasteiger partial charge in [-0.25, -0.2) is 4.79 Å². The fraction of sp³-hybridized carbons (Fsp3) is 0.318. The Morgan fingerprint density at radius 2 is 1.69 bits per heavy atom. The number of nitrogens with one attached hydrogen (secondary N) is 2. The summed E-state index contributed by atoms with van der Waals surface area (Å²) in [6, 6.07) is 11.5. The topological polar surface area (TPSA) is 121 Å². The molecule has 0 aliphatic carbocycles. The summed E-state index contributed by atoms with van der Waals surface area (Å²) in [7, 11) is 0. The van der Waals surface area contributed by atoms with Crippen LogP contribution in [0.5, 0.6) is 23.0 Å². The van der Waals surface area contributed by atoms with Crippen molar-refractivity contribution in [3.05, 3.63) is 48.0 Å². The van der Waals surface area contributed by atoms with Crippen molar-refractivity contribution in [2.24, 2.45) is 0 Å². The fourth-order valence-corrected chi connectivity index (χ4v) is 2.79. The molecule has 1 heterocycles. The van der Waals surface area contributed by atoms with E-state index in [0.717, 1.165) is 0 Å².